The maximum atomic E-state index is 12.6. The molecule has 1 aliphatic carbocycles. The number of rotatable bonds is 2. The Bertz CT molecular complexity index is 539. The monoisotopic (exact) mass is 278 g/mol. The molecule has 0 radical (unpaired) electrons. The van der Waals surface area contributed by atoms with Gasteiger partial charge in [0.25, 0.3) is 5.91 Å². The normalized spacial score (nSPS) is 29.2. The Morgan fingerprint density at radius 3 is 2.80 bits per heavy atom. The van der Waals surface area contributed by atoms with Gasteiger partial charge in [-0.05, 0) is 32.1 Å². The topological polar surface area (TPSA) is 83.6 Å². The number of hydrogen-bond donors (Lipinski definition) is 1. The van der Waals surface area contributed by atoms with Crippen LogP contribution in [0, 0.1) is 12.8 Å². The van der Waals surface area contributed by atoms with Gasteiger partial charge in [-0.1, -0.05) is 18.0 Å². The third-order valence-corrected chi connectivity index (χ3v) is 4.45. The third-order valence-electron chi connectivity index (χ3n) is 4.45. The number of hydrogen-bond acceptors (Lipinski definition) is 4. The number of aryl methyl sites for hydroxylation is 1. The average Bonchev–Trinajstić information content (AvgIpc) is 3.01. The first-order valence-electron chi connectivity index (χ1n) is 7.06. The van der Waals surface area contributed by atoms with Gasteiger partial charge in [-0.25, -0.2) is 4.79 Å². The molecular formula is C14H18N2O4. The summed E-state index contributed by atoms with van der Waals surface area (Å²) in [4.78, 5) is 25.5. The largest absolute Gasteiger partial charge is 0.480 e. The zero-order chi connectivity index (χ0) is 14.3. The minimum Gasteiger partial charge on any atom is -0.480 e. The third kappa shape index (κ3) is 2.09. The van der Waals surface area contributed by atoms with E-state index in [4.69, 9.17) is 4.52 Å². The molecule has 1 aromatic heterocycles. The Morgan fingerprint density at radius 1 is 1.40 bits per heavy atom. The molecule has 1 aliphatic heterocycles. The van der Waals surface area contributed by atoms with E-state index in [0.717, 1.165) is 25.7 Å². The van der Waals surface area contributed by atoms with E-state index in [1.807, 2.05) is 0 Å². The molecular weight excluding hydrogens is 260 g/mol. The lowest BCUT2D eigenvalue weighted by Crippen LogP contribution is -2.46. The Labute approximate surface area is 116 Å². The van der Waals surface area contributed by atoms with Gasteiger partial charge in [-0.2, -0.15) is 0 Å². The fourth-order valence-corrected chi connectivity index (χ4v) is 3.56. The Hall–Kier alpha value is -1.85. The highest BCUT2D eigenvalue weighted by Gasteiger charge is 2.48. The highest BCUT2D eigenvalue weighted by atomic mass is 16.5. The van der Waals surface area contributed by atoms with Crippen LogP contribution in [0.2, 0.25) is 0 Å². The number of carbonyl (C=O) groups is 2. The predicted octanol–water partition coefficient (Wildman–Crippen LogP) is 1.84. The van der Waals surface area contributed by atoms with Gasteiger partial charge in [-0.3, -0.25) is 4.79 Å². The van der Waals surface area contributed by atoms with Crippen molar-refractivity contribution in [2.75, 3.05) is 0 Å². The van der Waals surface area contributed by atoms with Gasteiger partial charge in [0, 0.05) is 12.1 Å². The van der Waals surface area contributed by atoms with Crippen molar-refractivity contribution in [3.63, 3.8) is 0 Å². The van der Waals surface area contributed by atoms with E-state index < -0.39 is 12.0 Å². The number of carboxylic acids is 1. The van der Waals surface area contributed by atoms with Crippen LogP contribution in [0.5, 0.6) is 0 Å². The molecule has 3 atom stereocenters. The zero-order valence-corrected chi connectivity index (χ0v) is 11.4. The number of aliphatic carboxylic acids is 1. The summed E-state index contributed by atoms with van der Waals surface area (Å²) in [7, 11) is 0. The van der Waals surface area contributed by atoms with E-state index in [1.54, 1.807) is 13.0 Å². The van der Waals surface area contributed by atoms with E-state index in [9.17, 15) is 14.7 Å². The molecule has 1 saturated heterocycles. The van der Waals surface area contributed by atoms with Gasteiger partial charge in [0.15, 0.2) is 0 Å². The highest BCUT2D eigenvalue weighted by molar-refractivity contribution is 5.95. The number of aromatic nitrogens is 1. The maximum absolute atomic E-state index is 12.6. The fourth-order valence-electron chi connectivity index (χ4n) is 3.56. The second kappa shape index (κ2) is 4.92. The van der Waals surface area contributed by atoms with Gasteiger partial charge in [-0.15, -0.1) is 0 Å². The second-order valence-electron chi connectivity index (χ2n) is 5.75. The molecule has 0 unspecified atom stereocenters. The first-order valence-corrected chi connectivity index (χ1v) is 7.06. The summed E-state index contributed by atoms with van der Waals surface area (Å²) in [5, 5.41) is 13.1. The van der Waals surface area contributed by atoms with Gasteiger partial charge in [0.2, 0.25) is 5.76 Å². The van der Waals surface area contributed by atoms with Gasteiger partial charge >= 0.3 is 5.97 Å². The smallest absolute Gasteiger partial charge is 0.326 e. The number of fused-ring (bicyclic) bond motifs is 1. The molecule has 2 heterocycles. The van der Waals surface area contributed by atoms with Crippen molar-refractivity contribution >= 4 is 11.9 Å². The average molecular weight is 278 g/mol. The standard InChI is InChI=1S/C14H18N2O4/c1-8-6-12(20-15-8)13(17)16-10-5-3-2-4-9(10)7-11(16)14(18)19/h6,9-11H,2-5,7H2,1H3,(H,18,19)/t9-,10-,11-/m0/s1. The molecule has 1 aromatic rings. The Morgan fingerprint density at radius 2 is 2.15 bits per heavy atom. The van der Waals surface area contributed by atoms with E-state index in [-0.39, 0.29) is 17.7 Å². The molecule has 108 valence electrons. The summed E-state index contributed by atoms with van der Waals surface area (Å²) < 4.78 is 5.01. The molecule has 6 nitrogen and oxygen atoms in total. The SMILES string of the molecule is Cc1cc(C(=O)N2[C@H](C(=O)O)C[C@@H]3CCCC[C@@H]32)on1. The van der Waals surface area contributed by atoms with Crippen LogP contribution in [0.3, 0.4) is 0 Å². The summed E-state index contributed by atoms with van der Waals surface area (Å²) in [5.41, 5.74) is 0.625. The van der Waals surface area contributed by atoms with Gasteiger partial charge < -0.3 is 14.5 Å². The maximum Gasteiger partial charge on any atom is 0.326 e. The molecule has 1 N–H and O–H groups in total. The van der Waals surface area contributed by atoms with Crippen molar-refractivity contribution in [1.82, 2.24) is 10.1 Å². The summed E-state index contributed by atoms with van der Waals surface area (Å²) in [6.45, 7) is 1.74. The van der Waals surface area contributed by atoms with Crippen molar-refractivity contribution in [1.29, 1.82) is 0 Å². The van der Waals surface area contributed by atoms with Crippen LogP contribution in [-0.2, 0) is 4.79 Å². The molecule has 0 spiro atoms. The van der Waals surface area contributed by atoms with Crippen molar-refractivity contribution in [2.24, 2.45) is 5.92 Å². The van der Waals surface area contributed by atoms with Crippen molar-refractivity contribution < 1.29 is 19.2 Å². The van der Waals surface area contributed by atoms with Crippen molar-refractivity contribution in [2.45, 2.75) is 51.1 Å². The van der Waals surface area contributed by atoms with E-state index >= 15 is 0 Å². The molecule has 6 heteroatoms. The van der Waals surface area contributed by atoms with Crippen LogP contribution < -0.4 is 0 Å². The number of carbonyl (C=O) groups excluding carboxylic acids is 1. The molecule has 3 rings (SSSR count). The lowest BCUT2D eigenvalue weighted by Gasteiger charge is -2.32. The van der Waals surface area contributed by atoms with Crippen LogP contribution in [0.4, 0.5) is 0 Å². The summed E-state index contributed by atoms with van der Waals surface area (Å²) in [6.07, 6.45) is 4.61. The highest BCUT2D eigenvalue weighted by Crippen LogP contribution is 2.40. The summed E-state index contributed by atoms with van der Waals surface area (Å²) in [5.74, 6) is -0.825. The molecule has 20 heavy (non-hydrogen) atoms. The van der Waals surface area contributed by atoms with E-state index in [0.29, 0.717) is 18.0 Å². The predicted molar refractivity (Wildman–Crippen MR) is 69.2 cm³/mol. The molecule has 1 saturated carbocycles. The van der Waals surface area contributed by atoms with Crippen LogP contribution in [0.25, 0.3) is 0 Å². The number of carboxylic acid groups (broad SMARTS) is 1. The second-order valence-corrected chi connectivity index (χ2v) is 5.75. The minimum absolute atomic E-state index is 0.0303. The van der Waals surface area contributed by atoms with Crippen LogP contribution >= 0.6 is 0 Å². The minimum atomic E-state index is -0.927. The molecule has 0 aromatic carbocycles. The Balaban J connectivity index is 1.90. The van der Waals surface area contributed by atoms with E-state index in [1.165, 1.54) is 4.90 Å². The molecule has 2 aliphatic rings. The number of nitrogens with zero attached hydrogens (tertiary/aromatic N) is 2. The molecule has 1 amide bonds. The quantitative estimate of drug-likeness (QED) is 0.892. The first kappa shape index (κ1) is 13.1. The van der Waals surface area contributed by atoms with Crippen molar-refractivity contribution in [3.05, 3.63) is 17.5 Å². The zero-order valence-electron chi connectivity index (χ0n) is 11.4. The first-order chi connectivity index (χ1) is 9.58. The van der Waals surface area contributed by atoms with Gasteiger partial charge in [0.05, 0.1) is 5.69 Å². The van der Waals surface area contributed by atoms with Crippen LogP contribution in [0.1, 0.15) is 48.4 Å². The lowest BCUT2D eigenvalue weighted by molar-refractivity contribution is -0.141. The van der Waals surface area contributed by atoms with E-state index in [2.05, 4.69) is 5.16 Å². The lowest BCUT2D eigenvalue weighted by atomic mass is 9.84. The van der Waals surface area contributed by atoms with Crippen LogP contribution in [-0.4, -0.2) is 39.1 Å². The summed E-state index contributed by atoms with van der Waals surface area (Å²) in [6, 6.07) is 0.862. The summed E-state index contributed by atoms with van der Waals surface area (Å²) >= 11 is 0. The number of amides is 1. The van der Waals surface area contributed by atoms with Gasteiger partial charge in [0.1, 0.15) is 6.04 Å². The van der Waals surface area contributed by atoms with Crippen molar-refractivity contribution in [3.8, 4) is 0 Å². The molecule has 0 bridgehead atoms. The molecule has 2 fully saturated rings. The number of likely N-dealkylation sites (tertiary alicyclic amines) is 1. The van der Waals surface area contributed by atoms with Crippen LogP contribution in [0.15, 0.2) is 10.6 Å². The fraction of sp³-hybridized carbons (Fsp3) is 0.643. The Kier molecular flexibility index (Phi) is 3.23.